The van der Waals surface area contributed by atoms with Gasteiger partial charge in [-0.2, -0.15) is 0 Å². The number of aliphatic carboxylic acids is 2. The molecule has 0 heterocycles. The zero-order chi connectivity index (χ0) is 10.5. The molecule has 0 saturated heterocycles. The Morgan fingerprint density at radius 1 is 1.14 bits per heavy atom. The minimum absolute atomic E-state index is 0. The molecule has 0 fully saturated rings. The first-order valence-corrected chi connectivity index (χ1v) is 3.89. The molecule has 0 rings (SSSR count). The standard InChI is InChI=1S/C7H14N2O4.H3N/c8-7(9,6(12)13)4-2-1-3-5(10)11;/h1-4,8-9H2,(H,10,11)(H,12,13);1H3. The van der Waals surface area contributed by atoms with Crippen LogP contribution in [0.3, 0.4) is 0 Å². The maximum atomic E-state index is 10.4. The number of carboxylic acid groups (broad SMARTS) is 2. The molecule has 0 aliphatic rings. The lowest BCUT2D eigenvalue weighted by Gasteiger charge is -2.18. The summed E-state index contributed by atoms with van der Waals surface area (Å²) in [6.45, 7) is 0. The molecule has 0 saturated carbocycles. The number of carbonyl (C=O) groups is 2. The molecular formula is C7H17N3O4. The van der Waals surface area contributed by atoms with Gasteiger partial charge in [-0.15, -0.1) is 0 Å². The summed E-state index contributed by atoms with van der Waals surface area (Å²) >= 11 is 0. The first kappa shape index (κ1) is 15.3. The molecule has 7 nitrogen and oxygen atoms in total. The highest BCUT2D eigenvalue weighted by molar-refractivity contribution is 5.77. The van der Waals surface area contributed by atoms with Crippen molar-refractivity contribution in [1.29, 1.82) is 0 Å². The van der Waals surface area contributed by atoms with Crippen molar-refractivity contribution >= 4 is 11.9 Å². The van der Waals surface area contributed by atoms with Gasteiger partial charge in [0.1, 0.15) is 0 Å². The van der Waals surface area contributed by atoms with Crippen LogP contribution in [0.1, 0.15) is 25.7 Å². The molecule has 84 valence electrons. The minimum Gasteiger partial charge on any atom is -0.481 e. The Bertz CT molecular complexity index is 205. The number of hydrogen-bond acceptors (Lipinski definition) is 5. The number of carboxylic acids is 2. The average Bonchev–Trinajstić information content (AvgIpc) is 1.97. The second-order valence-corrected chi connectivity index (χ2v) is 2.95. The lowest BCUT2D eigenvalue weighted by Crippen LogP contribution is -2.56. The van der Waals surface area contributed by atoms with Crippen molar-refractivity contribution in [1.82, 2.24) is 6.15 Å². The lowest BCUT2D eigenvalue weighted by atomic mass is 10.0. The highest BCUT2D eigenvalue weighted by Gasteiger charge is 2.27. The van der Waals surface area contributed by atoms with Gasteiger partial charge in [0.2, 0.25) is 0 Å². The van der Waals surface area contributed by atoms with E-state index >= 15 is 0 Å². The Labute approximate surface area is 81.7 Å². The first-order chi connectivity index (χ1) is 5.86. The Morgan fingerprint density at radius 3 is 2.00 bits per heavy atom. The van der Waals surface area contributed by atoms with E-state index in [1.165, 1.54) is 0 Å². The van der Waals surface area contributed by atoms with Gasteiger partial charge in [-0.05, 0) is 19.3 Å². The summed E-state index contributed by atoms with van der Waals surface area (Å²) in [6, 6.07) is 0. The zero-order valence-corrected chi connectivity index (χ0v) is 7.90. The minimum atomic E-state index is -1.74. The summed E-state index contributed by atoms with van der Waals surface area (Å²) in [5.41, 5.74) is 8.68. The third-order valence-electron chi connectivity index (χ3n) is 1.63. The molecule has 0 amide bonds. The number of rotatable bonds is 6. The van der Waals surface area contributed by atoms with Crippen LogP contribution in [0, 0.1) is 0 Å². The van der Waals surface area contributed by atoms with Crippen LogP contribution in [0.2, 0.25) is 0 Å². The number of unbranched alkanes of at least 4 members (excludes halogenated alkanes) is 1. The van der Waals surface area contributed by atoms with Crippen LogP contribution in [-0.2, 0) is 9.59 Å². The van der Waals surface area contributed by atoms with E-state index in [1.807, 2.05) is 0 Å². The molecule has 14 heavy (non-hydrogen) atoms. The molecular weight excluding hydrogens is 190 g/mol. The molecule has 9 N–H and O–H groups in total. The van der Waals surface area contributed by atoms with Crippen LogP contribution in [-0.4, -0.2) is 27.8 Å². The summed E-state index contributed by atoms with van der Waals surface area (Å²) in [4.78, 5) is 20.5. The van der Waals surface area contributed by atoms with Crippen molar-refractivity contribution in [2.24, 2.45) is 11.5 Å². The van der Waals surface area contributed by atoms with Crippen LogP contribution >= 0.6 is 0 Å². The van der Waals surface area contributed by atoms with Gasteiger partial charge < -0.3 is 27.8 Å². The summed E-state index contributed by atoms with van der Waals surface area (Å²) in [5.74, 6) is -2.18. The third kappa shape index (κ3) is 6.35. The van der Waals surface area contributed by atoms with E-state index in [1.54, 1.807) is 0 Å². The lowest BCUT2D eigenvalue weighted by molar-refractivity contribution is -0.143. The average molecular weight is 207 g/mol. The van der Waals surface area contributed by atoms with Gasteiger partial charge in [0, 0.05) is 6.42 Å². The zero-order valence-electron chi connectivity index (χ0n) is 7.90. The summed E-state index contributed by atoms with van der Waals surface area (Å²) in [6.07, 6.45) is 0.871. The van der Waals surface area contributed by atoms with Crippen LogP contribution in [0.15, 0.2) is 0 Å². The molecule has 0 spiro atoms. The van der Waals surface area contributed by atoms with Gasteiger partial charge >= 0.3 is 11.9 Å². The van der Waals surface area contributed by atoms with Crippen LogP contribution in [0.4, 0.5) is 0 Å². The van der Waals surface area contributed by atoms with Gasteiger partial charge in [0.15, 0.2) is 5.66 Å². The molecule has 0 atom stereocenters. The van der Waals surface area contributed by atoms with Crippen molar-refractivity contribution in [3.8, 4) is 0 Å². The second-order valence-electron chi connectivity index (χ2n) is 2.95. The van der Waals surface area contributed by atoms with Crippen molar-refractivity contribution < 1.29 is 19.8 Å². The van der Waals surface area contributed by atoms with Crippen LogP contribution < -0.4 is 17.6 Å². The van der Waals surface area contributed by atoms with Gasteiger partial charge in [-0.1, -0.05) is 0 Å². The molecule has 0 aromatic heterocycles. The normalized spacial score (nSPS) is 10.4. The summed E-state index contributed by atoms with van der Waals surface area (Å²) < 4.78 is 0. The van der Waals surface area contributed by atoms with Crippen molar-refractivity contribution in [3.05, 3.63) is 0 Å². The van der Waals surface area contributed by atoms with Crippen molar-refractivity contribution in [3.63, 3.8) is 0 Å². The second kappa shape index (κ2) is 6.30. The SMILES string of the molecule is N.NC(N)(CCCCC(=O)O)C(=O)O. The Balaban J connectivity index is 0. The molecule has 0 bridgehead atoms. The quantitative estimate of drug-likeness (QED) is 0.289. The first-order valence-electron chi connectivity index (χ1n) is 3.89. The highest BCUT2D eigenvalue weighted by atomic mass is 16.4. The fourth-order valence-corrected chi connectivity index (χ4v) is 0.801. The fraction of sp³-hybridized carbons (Fsp3) is 0.714. The summed E-state index contributed by atoms with van der Waals surface area (Å²) in [5, 5.41) is 16.8. The van der Waals surface area contributed by atoms with E-state index < -0.39 is 17.6 Å². The van der Waals surface area contributed by atoms with Crippen LogP contribution in [0.5, 0.6) is 0 Å². The van der Waals surface area contributed by atoms with E-state index in [0.717, 1.165) is 0 Å². The smallest absolute Gasteiger partial charge is 0.338 e. The molecule has 0 aromatic rings. The van der Waals surface area contributed by atoms with E-state index in [4.69, 9.17) is 21.7 Å². The third-order valence-corrected chi connectivity index (χ3v) is 1.63. The molecule has 0 radical (unpaired) electrons. The van der Waals surface area contributed by atoms with Crippen molar-refractivity contribution in [2.75, 3.05) is 0 Å². The molecule has 0 aliphatic heterocycles. The molecule has 7 heteroatoms. The predicted molar refractivity (Wildman–Crippen MR) is 49.9 cm³/mol. The Hall–Kier alpha value is -1.18. The maximum absolute atomic E-state index is 10.4. The van der Waals surface area contributed by atoms with Gasteiger partial charge in [-0.25, -0.2) is 4.79 Å². The van der Waals surface area contributed by atoms with E-state index in [9.17, 15) is 9.59 Å². The maximum Gasteiger partial charge on any atom is 0.338 e. The molecule has 0 unspecified atom stereocenters. The van der Waals surface area contributed by atoms with Crippen LogP contribution in [0.25, 0.3) is 0 Å². The topological polar surface area (TPSA) is 162 Å². The Kier molecular flexibility index (Phi) is 6.89. The highest BCUT2D eigenvalue weighted by Crippen LogP contribution is 2.07. The number of hydrogen-bond donors (Lipinski definition) is 5. The monoisotopic (exact) mass is 207 g/mol. The van der Waals surface area contributed by atoms with E-state index in [0.29, 0.717) is 12.8 Å². The van der Waals surface area contributed by atoms with Crippen molar-refractivity contribution in [2.45, 2.75) is 31.3 Å². The molecule has 0 aliphatic carbocycles. The van der Waals surface area contributed by atoms with Gasteiger partial charge in [0.05, 0.1) is 0 Å². The van der Waals surface area contributed by atoms with E-state index in [2.05, 4.69) is 0 Å². The molecule has 0 aromatic carbocycles. The van der Waals surface area contributed by atoms with Gasteiger partial charge in [0.25, 0.3) is 0 Å². The van der Waals surface area contributed by atoms with Gasteiger partial charge in [-0.3, -0.25) is 4.79 Å². The Morgan fingerprint density at radius 2 is 1.64 bits per heavy atom. The fourth-order valence-electron chi connectivity index (χ4n) is 0.801. The summed E-state index contributed by atoms with van der Waals surface area (Å²) in [7, 11) is 0. The number of nitrogens with two attached hydrogens (primary N) is 2. The van der Waals surface area contributed by atoms with E-state index in [-0.39, 0.29) is 19.0 Å². The predicted octanol–water partition coefficient (Wildman–Crippen LogP) is -0.508. The largest absolute Gasteiger partial charge is 0.481 e.